The van der Waals surface area contributed by atoms with Gasteiger partial charge in [0.1, 0.15) is 0 Å². The summed E-state index contributed by atoms with van der Waals surface area (Å²) in [6.45, 7) is 6.07. The minimum atomic E-state index is 0.962. The van der Waals surface area contributed by atoms with Gasteiger partial charge in [-0.05, 0) is 18.6 Å². The Morgan fingerprint density at radius 3 is 2.64 bits per heavy atom. The maximum atomic E-state index is 4.33. The van der Waals surface area contributed by atoms with Gasteiger partial charge in [-0.1, -0.05) is 26.0 Å². The predicted molar refractivity (Wildman–Crippen MR) is 66.2 cm³/mol. The van der Waals surface area contributed by atoms with Crippen LogP contribution in [0.25, 0.3) is 4.91 Å². The van der Waals surface area contributed by atoms with Gasteiger partial charge in [0.2, 0.25) is 0 Å². The van der Waals surface area contributed by atoms with E-state index in [1.54, 1.807) is 0 Å². The van der Waals surface area contributed by atoms with E-state index in [9.17, 15) is 0 Å². The first kappa shape index (κ1) is 11.0. The SMILES string of the molecule is CC.Cc1ccc2c(c1)NNC=C2S. The molecule has 0 saturated carbocycles. The molecular weight excluding hydrogens is 192 g/mol. The van der Waals surface area contributed by atoms with Crippen LogP contribution in [0.4, 0.5) is 5.69 Å². The molecular formula is C11H16N2S. The fourth-order valence-electron chi connectivity index (χ4n) is 1.24. The number of nitrogens with one attached hydrogen (secondary N) is 2. The maximum absolute atomic E-state index is 4.33. The molecule has 2 nitrogen and oxygen atoms in total. The molecule has 0 fully saturated rings. The van der Waals surface area contributed by atoms with Crippen LogP contribution < -0.4 is 10.9 Å². The monoisotopic (exact) mass is 208 g/mol. The Kier molecular flexibility index (Phi) is 3.89. The summed E-state index contributed by atoms with van der Waals surface area (Å²) >= 11 is 4.33. The van der Waals surface area contributed by atoms with Crippen molar-refractivity contribution in [2.45, 2.75) is 20.8 Å². The van der Waals surface area contributed by atoms with Crippen molar-refractivity contribution in [3.05, 3.63) is 35.5 Å². The highest BCUT2D eigenvalue weighted by Gasteiger charge is 2.07. The first-order chi connectivity index (χ1) is 6.77. The molecule has 1 heterocycles. The topological polar surface area (TPSA) is 24.1 Å². The van der Waals surface area contributed by atoms with E-state index in [-0.39, 0.29) is 0 Å². The van der Waals surface area contributed by atoms with Crippen molar-refractivity contribution >= 4 is 23.2 Å². The van der Waals surface area contributed by atoms with Crippen molar-refractivity contribution in [2.24, 2.45) is 0 Å². The molecule has 0 aromatic heterocycles. The lowest BCUT2D eigenvalue weighted by Crippen LogP contribution is -2.19. The second-order valence-electron chi connectivity index (χ2n) is 2.85. The van der Waals surface area contributed by atoms with Crippen molar-refractivity contribution in [3.8, 4) is 0 Å². The summed E-state index contributed by atoms with van der Waals surface area (Å²) in [5, 5.41) is 0. The molecule has 76 valence electrons. The van der Waals surface area contributed by atoms with Gasteiger partial charge in [0.25, 0.3) is 0 Å². The smallest absolute Gasteiger partial charge is 0.0626 e. The fourth-order valence-corrected chi connectivity index (χ4v) is 1.50. The number of fused-ring (bicyclic) bond motifs is 1. The lowest BCUT2D eigenvalue weighted by Gasteiger charge is -2.17. The minimum Gasteiger partial charge on any atom is -0.307 e. The molecule has 0 aliphatic carbocycles. The summed E-state index contributed by atoms with van der Waals surface area (Å²) in [7, 11) is 0. The van der Waals surface area contributed by atoms with E-state index < -0.39 is 0 Å². The van der Waals surface area contributed by atoms with Crippen molar-refractivity contribution in [3.63, 3.8) is 0 Å². The van der Waals surface area contributed by atoms with Gasteiger partial charge in [0.05, 0.1) is 5.69 Å². The van der Waals surface area contributed by atoms with Crippen LogP contribution >= 0.6 is 12.6 Å². The van der Waals surface area contributed by atoms with Crippen molar-refractivity contribution in [2.75, 3.05) is 5.43 Å². The zero-order valence-corrected chi connectivity index (χ0v) is 9.65. The second-order valence-corrected chi connectivity index (χ2v) is 3.33. The van der Waals surface area contributed by atoms with Crippen LogP contribution in [0.5, 0.6) is 0 Å². The van der Waals surface area contributed by atoms with Crippen molar-refractivity contribution in [1.82, 2.24) is 5.43 Å². The molecule has 3 heteroatoms. The molecule has 1 aromatic carbocycles. The molecule has 0 radical (unpaired) electrons. The van der Waals surface area contributed by atoms with Gasteiger partial charge >= 0.3 is 0 Å². The summed E-state index contributed by atoms with van der Waals surface area (Å²) in [6, 6.07) is 6.23. The van der Waals surface area contributed by atoms with Crippen LogP contribution in [-0.4, -0.2) is 0 Å². The largest absolute Gasteiger partial charge is 0.307 e. The van der Waals surface area contributed by atoms with E-state index in [1.807, 2.05) is 20.0 Å². The van der Waals surface area contributed by atoms with E-state index in [2.05, 4.69) is 48.6 Å². The Morgan fingerprint density at radius 1 is 1.21 bits per heavy atom. The number of hydrogen-bond donors (Lipinski definition) is 3. The maximum Gasteiger partial charge on any atom is 0.0626 e. The summed E-state index contributed by atoms with van der Waals surface area (Å²) in [6.07, 6.45) is 1.83. The van der Waals surface area contributed by atoms with Gasteiger partial charge in [0, 0.05) is 16.7 Å². The van der Waals surface area contributed by atoms with Crippen LogP contribution in [0.1, 0.15) is 25.0 Å². The van der Waals surface area contributed by atoms with Crippen LogP contribution in [-0.2, 0) is 0 Å². The summed E-state index contributed by atoms with van der Waals surface area (Å²) < 4.78 is 0. The normalized spacial score (nSPS) is 12.4. The Labute approximate surface area is 90.8 Å². The van der Waals surface area contributed by atoms with Gasteiger partial charge in [-0.25, -0.2) is 0 Å². The molecule has 2 rings (SSSR count). The average molecular weight is 208 g/mol. The number of hydrogen-bond acceptors (Lipinski definition) is 3. The summed E-state index contributed by atoms with van der Waals surface area (Å²) in [5.41, 5.74) is 9.46. The van der Waals surface area contributed by atoms with Gasteiger partial charge in [-0.3, -0.25) is 0 Å². The Morgan fingerprint density at radius 2 is 1.93 bits per heavy atom. The first-order valence-electron chi connectivity index (χ1n) is 4.79. The average Bonchev–Trinajstić information content (AvgIpc) is 2.21. The molecule has 0 spiro atoms. The molecule has 0 saturated heterocycles. The van der Waals surface area contributed by atoms with E-state index in [0.29, 0.717) is 0 Å². The lowest BCUT2D eigenvalue weighted by atomic mass is 10.1. The third-order valence-electron chi connectivity index (χ3n) is 1.87. The number of thiol groups is 1. The number of benzene rings is 1. The van der Waals surface area contributed by atoms with Gasteiger partial charge in [0.15, 0.2) is 0 Å². The number of anilines is 1. The molecule has 0 amide bonds. The Hall–Kier alpha value is -1.09. The van der Waals surface area contributed by atoms with E-state index >= 15 is 0 Å². The molecule has 14 heavy (non-hydrogen) atoms. The quantitative estimate of drug-likeness (QED) is 0.570. The number of hydrazine groups is 1. The molecule has 2 N–H and O–H groups in total. The molecule has 1 aliphatic rings. The molecule has 1 aromatic rings. The zero-order chi connectivity index (χ0) is 10.6. The highest BCUT2D eigenvalue weighted by Crippen LogP contribution is 2.28. The number of rotatable bonds is 0. The lowest BCUT2D eigenvalue weighted by molar-refractivity contribution is 1.05. The highest BCUT2D eigenvalue weighted by atomic mass is 32.1. The Balaban J connectivity index is 0.000000461. The highest BCUT2D eigenvalue weighted by molar-refractivity contribution is 7.90. The molecule has 0 bridgehead atoms. The molecule has 0 atom stereocenters. The van der Waals surface area contributed by atoms with Crippen molar-refractivity contribution < 1.29 is 0 Å². The molecule has 1 aliphatic heterocycles. The summed E-state index contributed by atoms with van der Waals surface area (Å²) in [4.78, 5) is 0.962. The van der Waals surface area contributed by atoms with Crippen LogP contribution in [0.15, 0.2) is 24.4 Å². The van der Waals surface area contributed by atoms with E-state index in [4.69, 9.17) is 0 Å². The van der Waals surface area contributed by atoms with Crippen LogP contribution in [0.3, 0.4) is 0 Å². The molecule has 0 unspecified atom stereocenters. The first-order valence-corrected chi connectivity index (χ1v) is 5.24. The number of aryl methyl sites for hydroxylation is 1. The third-order valence-corrected chi connectivity index (χ3v) is 2.24. The zero-order valence-electron chi connectivity index (χ0n) is 8.76. The van der Waals surface area contributed by atoms with Gasteiger partial charge in [-0.2, -0.15) is 0 Å². The van der Waals surface area contributed by atoms with Crippen LogP contribution in [0.2, 0.25) is 0 Å². The van der Waals surface area contributed by atoms with Gasteiger partial charge < -0.3 is 10.9 Å². The Bertz CT molecular complexity index is 345. The second kappa shape index (κ2) is 4.96. The summed E-state index contributed by atoms with van der Waals surface area (Å²) in [5.74, 6) is 0. The fraction of sp³-hybridized carbons (Fsp3) is 0.273. The predicted octanol–water partition coefficient (Wildman–Crippen LogP) is 3.18. The van der Waals surface area contributed by atoms with Gasteiger partial charge in [-0.15, -0.1) is 12.6 Å². The standard InChI is InChI=1S/C9H10N2S.C2H6/c1-6-2-3-7-8(4-6)11-10-5-9(7)12;1-2/h2-5,10-12H,1H3;1-2H3. The minimum absolute atomic E-state index is 0.962. The van der Waals surface area contributed by atoms with E-state index in [0.717, 1.165) is 16.2 Å². The van der Waals surface area contributed by atoms with Crippen molar-refractivity contribution in [1.29, 1.82) is 0 Å². The third kappa shape index (κ3) is 2.23. The van der Waals surface area contributed by atoms with E-state index in [1.165, 1.54) is 5.56 Å². The van der Waals surface area contributed by atoms with Crippen LogP contribution in [0, 0.1) is 6.92 Å².